The van der Waals surface area contributed by atoms with E-state index < -0.39 is 28.5 Å². The molecule has 196 valence electrons. The van der Waals surface area contributed by atoms with E-state index in [0.29, 0.717) is 23.8 Å². The largest absolute Gasteiger partial charge is 0.497 e. The smallest absolute Gasteiger partial charge is 0.244 e. The Labute approximate surface area is 212 Å². The Morgan fingerprint density at radius 2 is 1.78 bits per heavy atom. The van der Waals surface area contributed by atoms with Gasteiger partial charge in [0.1, 0.15) is 18.3 Å². The highest BCUT2D eigenvalue weighted by atomic mass is 32.2. The molecule has 10 nitrogen and oxygen atoms in total. The van der Waals surface area contributed by atoms with Gasteiger partial charge in [-0.1, -0.05) is 19.1 Å². The van der Waals surface area contributed by atoms with Crippen molar-refractivity contribution >= 4 is 27.5 Å². The number of hydrogen-bond acceptors (Lipinski definition) is 7. The fourth-order valence-electron chi connectivity index (χ4n) is 3.67. The van der Waals surface area contributed by atoms with E-state index in [1.54, 1.807) is 50.4 Å². The van der Waals surface area contributed by atoms with Crippen LogP contribution in [-0.2, 0) is 26.2 Å². The van der Waals surface area contributed by atoms with Gasteiger partial charge in [0, 0.05) is 19.2 Å². The molecule has 1 atom stereocenters. The van der Waals surface area contributed by atoms with Crippen molar-refractivity contribution in [1.82, 2.24) is 10.2 Å². The zero-order valence-corrected chi connectivity index (χ0v) is 21.8. The molecule has 0 radical (unpaired) electrons. The molecule has 3 rings (SSSR count). The van der Waals surface area contributed by atoms with Crippen molar-refractivity contribution in [2.45, 2.75) is 39.8 Å². The zero-order chi connectivity index (χ0) is 26.3. The lowest BCUT2D eigenvalue weighted by molar-refractivity contribution is -0.139. The molecule has 0 bridgehead atoms. The number of carbonyl (C=O) groups excluding carboxylic acids is 2. The predicted molar refractivity (Wildman–Crippen MR) is 136 cm³/mol. The van der Waals surface area contributed by atoms with Gasteiger partial charge in [-0.05, 0) is 50.1 Å². The van der Waals surface area contributed by atoms with Crippen molar-refractivity contribution in [3.8, 4) is 17.2 Å². The van der Waals surface area contributed by atoms with E-state index >= 15 is 0 Å². The van der Waals surface area contributed by atoms with Crippen molar-refractivity contribution < 1.29 is 32.2 Å². The summed E-state index contributed by atoms with van der Waals surface area (Å²) in [5.74, 6) is 0.527. The van der Waals surface area contributed by atoms with Crippen LogP contribution in [0, 0.1) is 0 Å². The van der Waals surface area contributed by atoms with Gasteiger partial charge >= 0.3 is 0 Å². The molecule has 0 saturated heterocycles. The van der Waals surface area contributed by atoms with Gasteiger partial charge in [-0.25, -0.2) is 8.42 Å². The van der Waals surface area contributed by atoms with Crippen LogP contribution in [-0.4, -0.2) is 63.9 Å². The number of methoxy groups -OCH3 is 1. The maximum absolute atomic E-state index is 13.6. The average molecular weight is 520 g/mol. The number of ether oxygens (including phenoxy) is 3. The monoisotopic (exact) mass is 519 g/mol. The molecule has 0 aromatic heterocycles. The Kier molecular flexibility index (Phi) is 9.03. The van der Waals surface area contributed by atoms with Crippen molar-refractivity contribution in [3.05, 3.63) is 48.0 Å². The van der Waals surface area contributed by atoms with Crippen LogP contribution in [0.4, 0.5) is 5.69 Å². The Balaban J connectivity index is 1.92. The summed E-state index contributed by atoms with van der Waals surface area (Å²) in [4.78, 5) is 27.8. The number of nitrogens with one attached hydrogen (secondary N) is 1. The molecule has 1 aliphatic heterocycles. The predicted octanol–water partition coefficient (Wildman–Crippen LogP) is 2.52. The molecule has 2 aromatic rings. The van der Waals surface area contributed by atoms with Gasteiger partial charge in [-0.3, -0.25) is 13.9 Å². The first kappa shape index (κ1) is 27.1. The molecule has 1 aliphatic rings. The number of nitrogens with zero attached hydrogens (tertiary/aromatic N) is 2. The third kappa shape index (κ3) is 6.39. The summed E-state index contributed by atoms with van der Waals surface area (Å²) in [5.41, 5.74) is 1.05. The number of hydrogen-bond donors (Lipinski definition) is 1. The zero-order valence-electron chi connectivity index (χ0n) is 21.0. The topological polar surface area (TPSA) is 114 Å². The number of carbonyl (C=O) groups is 2. The lowest BCUT2D eigenvalue weighted by Gasteiger charge is -2.32. The number of benzene rings is 2. The molecule has 0 saturated carbocycles. The highest BCUT2D eigenvalue weighted by Crippen LogP contribution is 2.36. The van der Waals surface area contributed by atoms with E-state index in [1.807, 2.05) is 6.92 Å². The Bertz CT molecular complexity index is 1170. The molecular weight excluding hydrogens is 486 g/mol. The van der Waals surface area contributed by atoms with E-state index in [1.165, 1.54) is 17.9 Å². The Morgan fingerprint density at radius 1 is 1.08 bits per heavy atom. The van der Waals surface area contributed by atoms with Gasteiger partial charge in [0.2, 0.25) is 28.6 Å². The molecule has 2 aromatic carbocycles. The summed E-state index contributed by atoms with van der Waals surface area (Å²) in [5, 5.41) is 2.81. The second kappa shape index (κ2) is 12.0. The molecule has 0 aliphatic carbocycles. The summed E-state index contributed by atoms with van der Waals surface area (Å²) in [7, 11) is -2.27. The minimum absolute atomic E-state index is 0.0400. The highest BCUT2D eigenvalue weighted by molar-refractivity contribution is 7.92. The first-order valence-electron chi connectivity index (χ1n) is 11.8. The van der Waals surface area contributed by atoms with Crippen LogP contribution in [0.15, 0.2) is 42.5 Å². The van der Waals surface area contributed by atoms with Crippen LogP contribution in [0.2, 0.25) is 0 Å². The molecule has 2 amide bonds. The molecule has 1 heterocycles. The quantitative estimate of drug-likeness (QED) is 0.458. The second-order valence-corrected chi connectivity index (χ2v) is 10.5. The van der Waals surface area contributed by atoms with Crippen LogP contribution in [0.1, 0.15) is 32.8 Å². The van der Waals surface area contributed by atoms with E-state index in [-0.39, 0.29) is 30.7 Å². The summed E-state index contributed by atoms with van der Waals surface area (Å²) < 4.78 is 43.0. The molecule has 11 heteroatoms. The number of amides is 2. The van der Waals surface area contributed by atoms with Gasteiger partial charge in [0.25, 0.3) is 0 Å². The third-order valence-corrected chi connectivity index (χ3v) is 7.59. The summed E-state index contributed by atoms with van der Waals surface area (Å²) in [6.07, 6.45) is 0.748. The number of sulfonamides is 1. The van der Waals surface area contributed by atoms with E-state index in [2.05, 4.69) is 5.32 Å². The van der Waals surface area contributed by atoms with Crippen molar-refractivity contribution in [1.29, 1.82) is 0 Å². The average Bonchev–Trinajstić information content (AvgIpc) is 3.36. The fraction of sp³-hybridized carbons (Fsp3) is 0.440. The maximum atomic E-state index is 13.6. The van der Waals surface area contributed by atoms with Gasteiger partial charge in [0.05, 0.1) is 18.6 Å². The van der Waals surface area contributed by atoms with Crippen LogP contribution in [0.25, 0.3) is 0 Å². The Hall–Kier alpha value is -3.47. The first-order chi connectivity index (χ1) is 17.2. The Morgan fingerprint density at radius 3 is 2.42 bits per heavy atom. The number of anilines is 1. The van der Waals surface area contributed by atoms with E-state index in [4.69, 9.17) is 14.2 Å². The molecule has 36 heavy (non-hydrogen) atoms. The number of rotatable bonds is 12. The van der Waals surface area contributed by atoms with Gasteiger partial charge in [0.15, 0.2) is 11.5 Å². The SMILES string of the molecule is CCCNC(=O)[C@@H](C)N(Cc1ccc(OC)cc1)C(=O)CN(c1ccc2c(c1)OCO2)S(=O)(=O)CC. The van der Waals surface area contributed by atoms with E-state index in [9.17, 15) is 18.0 Å². The van der Waals surface area contributed by atoms with E-state index in [0.717, 1.165) is 16.3 Å². The van der Waals surface area contributed by atoms with Gasteiger partial charge < -0.3 is 24.4 Å². The van der Waals surface area contributed by atoms with Crippen molar-refractivity contribution in [2.24, 2.45) is 0 Å². The first-order valence-corrected chi connectivity index (χ1v) is 13.4. The normalized spacial score (nSPS) is 13.1. The maximum Gasteiger partial charge on any atom is 0.244 e. The molecule has 0 fully saturated rings. The second-order valence-electron chi connectivity index (χ2n) is 8.28. The van der Waals surface area contributed by atoms with Crippen LogP contribution in [0.5, 0.6) is 17.2 Å². The summed E-state index contributed by atoms with van der Waals surface area (Å²) in [6.45, 7) is 5.23. The lowest BCUT2D eigenvalue weighted by Crippen LogP contribution is -2.51. The van der Waals surface area contributed by atoms with Crippen molar-refractivity contribution in [2.75, 3.05) is 37.1 Å². The molecule has 0 spiro atoms. The van der Waals surface area contributed by atoms with Crippen LogP contribution in [0.3, 0.4) is 0 Å². The van der Waals surface area contributed by atoms with Crippen LogP contribution >= 0.6 is 0 Å². The molecule has 1 N–H and O–H groups in total. The van der Waals surface area contributed by atoms with Crippen LogP contribution < -0.4 is 23.8 Å². The third-order valence-electron chi connectivity index (χ3n) is 5.85. The summed E-state index contributed by atoms with van der Waals surface area (Å²) in [6, 6.07) is 11.0. The molecule has 0 unspecified atom stereocenters. The minimum Gasteiger partial charge on any atom is -0.497 e. The van der Waals surface area contributed by atoms with Crippen molar-refractivity contribution in [3.63, 3.8) is 0 Å². The van der Waals surface area contributed by atoms with Gasteiger partial charge in [-0.2, -0.15) is 0 Å². The van der Waals surface area contributed by atoms with Gasteiger partial charge in [-0.15, -0.1) is 0 Å². The highest BCUT2D eigenvalue weighted by Gasteiger charge is 2.31. The fourth-order valence-corrected chi connectivity index (χ4v) is 4.72. The lowest BCUT2D eigenvalue weighted by atomic mass is 10.1. The summed E-state index contributed by atoms with van der Waals surface area (Å²) >= 11 is 0. The standard InChI is InChI=1S/C25H33N3O7S/c1-5-13-26-25(30)18(3)27(15-19-7-10-21(33-4)11-8-19)24(29)16-28(36(31,32)6-2)20-9-12-22-23(14-20)35-17-34-22/h7-12,14,18H,5-6,13,15-17H2,1-4H3,(H,26,30)/t18-/m1/s1. The minimum atomic E-state index is -3.83. The molecular formula is C25H33N3O7S. The number of fused-ring (bicyclic) bond motifs is 1.